The fourth-order valence-corrected chi connectivity index (χ4v) is 5.86. The van der Waals surface area contributed by atoms with Crippen molar-refractivity contribution in [2.45, 2.75) is 56.1 Å². The molecule has 1 saturated heterocycles. The van der Waals surface area contributed by atoms with Gasteiger partial charge in [0, 0.05) is 18.0 Å². The Kier molecular flexibility index (Phi) is 3.83. The number of amides is 1. The third kappa shape index (κ3) is 2.52. The molecule has 3 aliphatic rings. The van der Waals surface area contributed by atoms with Gasteiger partial charge in [-0.3, -0.25) is 9.69 Å². The van der Waals surface area contributed by atoms with Crippen LogP contribution in [0.3, 0.4) is 0 Å². The molecule has 1 aliphatic heterocycles. The molecule has 1 aromatic rings. The molecule has 0 radical (unpaired) electrons. The van der Waals surface area contributed by atoms with Crippen LogP contribution in [0.4, 0.5) is 0 Å². The smallest absolute Gasteiger partial charge is 0.254 e. The maximum absolute atomic E-state index is 12.4. The van der Waals surface area contributed by atoms with E-state index in [0.717, 1.165) is 32.4 Å². The average molecular weight is 349 g/mol. The van der Waals surface area contributed by atoms with Gasteiger partial charge in [-0.1, -0.05) is 6.07 Å². The van der Waals surface area contributed by atoms with Crippen molar-refractivity contribution in [2.24, 2.45) is 5.41 Å². The Bertz CT molecular complexity index is 613. The van der Waals surface area contributed by atoms with Crippen LogP contribution < -0.4 is 0 Å². The first-order valence-electron chi connectivity index (χ1n) is 9.13. The van der Waals surface area contributed by atoms with Gasteiger partial charge in [-0.25, -0.2) is 0 Å². The minimum Gasteiger partial charge on any atom is -0.380 e. The number of rotatable bonds is 3. The van der Waals surface area contributed by atoms with Crippen LogP contribution in [-0.4, -0.2) is 53.6 Å². The molecular weight excluding hydrogens is 320 g/mol. The lowest BCUT2D eigenvalue weighted by Crippen LogP contribution is -2.47. The molecule has 132 valence electrons. The standard InChI is InChI=1S/C19H28N2O2S/c1-20(2)18(15-4-3-13-24-15)7-5-17(6-8-18)11-12-21(14-17)16(22)19(23)9-10-19/h3-4,13,23H,5-12,14H2,1-2H3. The van der Waals surface area contributed by atoms with E-state index < -0.39 is 5.60 Å². The Balaban J connectivity index is 1.47. The molecule has 3 fully saturated rings. The molecule has 4 rings (SSSR count). The summed E-state index contributed by atoms with van der Waals surface area (Å²) < 4.78 is 0. The molecule has 1 spiro atoms. The fraction of sp³-hybridized carbons (Fsp3) is 0.737. The topological polar surface area (TPSA) is 43.8 Å². The predicted molar refractivity (Wildman–Crippen MR) is 96.0 cm³/mol. The van der Waals surface area contributed by atoms with Crippen molar-refractivity contribution in [3.63, 3.8) is 0 Å². The van der Waals surface area contributed by atoms with Crippen LogP contribution in [-0.2, 0) is 10.3 Å². The Morgan fingerprint density at radius 1 is 1.17 bits per heavy atom. The van der Waals surface area contributed by atoms with Crippen LogP contribution in [0.5, 0.6) is 0 Å². The molecule has 0 unspecified atom stereocenters. The summed E-state index contributed by atoms with van der Waals surface area (Å²) in [4.78, 5) is 18.3. The van der Waals surface area contributed by atoms with Crippen molar-refractivity contribution in [1.82, 2.24) is 9.80 Å². The van der Waals surface area contributed by atoms with Crippen molar-refractivity contribution in [1.29, 1.82) is 0 Å². The molecule has 0 bridgehead atoms. The molecule has 1 amide bonds. The molecule has 1 aromatic heterocycles. The van der Waals surface area contributed by atoms with Gasteiger partial charge in [0.15, 0.2) is 0 Å². The van der Waals surface area contributed by atoms with E-state index in [1.54, 1.807) is 0 Å². The highest BCUT2D eigenvalue weighted by molar-refractivity contribution is 7.10. The van der Waals surface area contributed by atoms with Crippen LogP contribution >= 0.6 is 11.3 Å². The molecule has 0 aromatic carbocycles. The second-order valence-electron chi connectivity index (χ2n) is 8.41. The molecule has 0 atom stereocenters. The predicted octanol–water partition coefficient (Wildman–Crippen LogP) is 2.82. The number of hydrogen-bond acceptors (Lipinski definition) is 4. The van der Waals surface area contributed by atoms with Crippen molar-refractivity contribution in [3.05, 3.63) is 22.4 Å². The first-order chi connectivity index (χ1) is 11.4. The van der Waals surface area contributed by atoms with Crippen LogP contribution in [0.1, 0.15) is 49.8 Å². The fourth-order valence-electron chi connectivity index (χ4n) is 4.79. The summed E-state index contributed by atoms with van der Waals surface area (Å²) in [7, 11) is 4.40. The number of nitrogens with zero attached hydrogens (tertiary/aromatic N) is 2. The first kappa shape index (κ1) is 16.6. The van der Waals surface area contributed by atoms with E-state index >= 15 is 0 Å². The summed E-state index contributed by atoms with van der Waals surface area (Å²) in [6, 6.07) is 4.43. The van der Waals surface area contributed by atoms with Gasteiger partial charge < -0.3 is 10.0 Å². The first-order valence-corrected chi connectivity index (χ1v) is 10.0. The third-order valence-electron chi connectivity index (χ3n) is 6.82. The SMILES string of the molecule is CN(C)C1(c2cccs2)CCC2(CCN(C(=O)C3(O)CC3)C2)CC1. The molecule has 2 aliphatic carbocycles. The molecule has 2 heterocycles. The average Bonchev–Trinajstić information content (AvgIpc) is 3.00. The monoisotopic (exact) mass is 348 g/mol. The summed E-state index contributed by atoms with van der Waals surface area (Å²) in [5.41, 5.74) is -0.576. The van der Waals surface area contributed by atoms with E-state index in [9.17, 15) is 9.90 Å². The number of aliphatic hydroxyl groups is 1. The van der Waals surface area contributed by atoms with Gasteiger partial charge in [0.2, 0.25) is 0 Å². The molecular formula is C19H28N2O2S. The van der Waals surface area contributed by atoms with Gasteiger partial charge >= 0.3 is 0 Å². The number of likely N-dealkylation sites (tertiary alicyclic amines) is 1. The second kappa shape index (κ2) is 5.55. The van der Waals surface area contributed by atoms with Crippen molar-refractivity contribution >= 4 is 17.2 Å². The Morgan fingerprint density at radius 3 is 2.42 bits per heavy atom. The summed E-state index contributed by atoms with van der Waals surface area (Å²) in [6.07, 6.45) is 7.06. The van der Waals surface area contributed by atoms with Gasteiger partial charge in [0.05, 0.1) is 5.54 Å². The van der Waals surface area contributed by atoms with E-state index in [1.165, 1.54) is 17.7 Å². The van der Waals surface area contributed by atoms with E-state index in [-0.39, 0.29) is 16.9 Å². The number of carbonyl (C=O) groups is 1. The van der Waals surface area contributed by atoms with E-state index in [2.05, 4.69) is 36.5 Å². The van der Waals surface area contributed by atoms with Gasteiger partial charge in [-0.2, -0.15) is 0 Å². The highest BCUT2D eigenvalue weighted by Gasteiger charge is 2.54. The van der Waals surface area contributed by atoms with E-state index in [0.29, 0.717) is 12.8 Å². The Labute approximate surface area is 148 Å². The van der Waals surface area contributed by atoms with Crippen molar-refractivity contribution in [3.8, 4) is 0 Å². The highest BCUT2D eigenvalue weighted by atomic mass is 32.1. The summed E-state index contributed by atoms with van der Waals surface area (Å²) in [5.74, 6) is -0.0120. The lowest BCUT2D eigenvalue weighted by Gasteiger charge is -2.48. The largest absolute Gasteiger partial charge is 0.380 e. The van der Waals surface area contributed by atoms with Gasteiger partial charge in [0.1, 0.15) is 5.60 Å². The zero-order chi connectivity index (χ0) is 17.0. The molecule has 4 nitrogen and oxygen atoms in total. The van der Waals surface area contributed by atoms with Gasteiger partial charge in [-0.15, -0.1) is 11.3 Å². The molecule has 1 N–H and O–H groups in total. The zero-order valence-corrected chi connectivity index (χ0v) is 15.6. The summed E-state index contributed by atoms with van der Waals surface area (Å²) in [6.45, 7) is 1.68. The second-order valence-corrected chi connectivity index (χ2v) is 9.36. The van der Waals surface area contributed by atoms with Crippen LogP contribution in [0, 0.1) is 5.41 Å². The highest BCUT2D eigenvalue weighted by Crippen LogP contribution is 2.53. The lowest BCUT2D eigenvalue weighted by molar-refractivity contribution is -0.142. The molecule has 24 heavy (non-hydrogen) atoms. The maximum atomic E-state index is 12.4. The Hall–Kier alpha value is -0.910. The van der Waals surface area contributed by atoms with Gasteiger partial charge in [-0.05, 0) is 75.9 Å². The lowest BCUT2D eigenvalue weighted by atomic mass is 9.66. The normalized spacial score (nSPS) is 34.9. The van der Waals surface area contributed by atoms with Gasteiger partial charge in [0.25, 0.3) is 5.91 Å². The molecule has 5 heteroatoms. The number of hydrogen-bond donors (Lipinski definition) is 1. The zero-order valence-electron chi connectivity index (χ0n) is 14.8. The molecule has 2 saturated carbocycles. The van der Waals surface area contributed by atoms with E-state index in [4.69, 9.17) is 0 Å². The summed E-state index contributed by atoms with van der Waals surface area (Å²) in [5, 5.41) is 12.3. The van der Waals surface area contributed by atoms with Crippen LogP contribution in [0.15, 0.2) is 17.5 Å². The van der Waals surface area contributed by atoms with E-state index in [1.807, 2.05) is 16.2 Å². The van der Waals surface area contributed by atoms with Crippen molar-refractivity contribution < 1.29 is 9.90 Å². The third-order valence-corrected chi connectivity index (χ3v) is 7.88. The maximum Gasteiger partial charge on any atom is 0.254 e. The minimum atomic E-state index is -1.01. The van der Waals surface area contributed by atoms with Crippen LogP contribution in [0.25, 0.3) is 0 Å². The number of carbonyl (C=O) groups excluding carboxylic acids is 1. The Morgan fingerprint density at radius 2 is 1.88 bits per heavy atom. The number of thiophene rings is 1. The summed E-state index contributed by atoms with van der Waals surface area (Å²) >= 11 is 1.87. The van der Waals surface area contributed by atoms with Crippen LogP contribution in [0.2, 0.25) is 0 Å². The quantitative estimate of drug-likeness (QED) is 0.913. The van der Waals surface area contributed by atoms with Crippen molar-refractivity contribution in [2.75, 3.05) is 27.2 Å². The minimum absolute atomic E-state index is 0.0120.